The second-order valence-corrected chi connectivity index (χ2v) is 9.65. The Balaban J connectivity index is 0.000000426. The van der Waals surface area contributed by atoms with Crippen molar-refractivity contribution in [3.05, 3.63) is 70.4 Å². The van der Waals surface area contributed by atoms with E-state index in [1.165, 1.54) is 22.3 Å². The topological polar surface area (TPSA) is 83.3 Å². The van der Waals surface area contributed by atoms with Gasteiger partial charge in [-0.15, -0.1) is 5.10 Å². The van der Waals surface area contributed by atoms with Gasteiger partial charge in [0.15, 0.2) is 0 Å². The Bertz CT molecular complexity index is 1320. The minimum atomic E-state index is -5.08. The number of nitrogens with one attached hydrogen (secondary N) is 1. The van der Waals surface area contributed by atoms with Crippen molar-refractivity contribution in [2.24, 2.45) is 0 Å². The molecule has 0 amide bonds. The number of hydrogen-bond donors (Lipinski definition) is 2. The lowest BCUT2D eigenvalue weighted by Crippen LogP contribution is -2.28. The summed E-state index contributed by atoms with van der Waals surface area (Å²) in [6.07, 6.45) is -0.651. The van der Waals surface area contributed by atoms with E-state index in [-0.39, 0.29) is 6.04 Å². The number of likely N-dealkylation sites (N-methyl/N-ethyl adjacent to an activating group) is 1. The quantitative estimate of drug-likeness (QED) is 0.404. The number of benzene rings is 2. The number of halogens is 4. The number of rotatable bonds is 4. The second kappa shape index (κ2) is 11.6. The molecular formula is C27H29ClF3N5O2. The molecule has 2 N–H and O–H groups in total. The molecular weight excluding hydrogens is 519 g/mol. The molecule has 1 unspecified atom stereocenters. The van der Waals surface area contributed by atoms with Crippen LogP contribution in [0.5, 0.6) is 0 Å². The molecule has 1 aromatic heterocycles. The summed E-state index contributed by atoms with van der Waals surface area (Å²) < 4.78 is 33.8. The number of alkyl halides is 3. The Morgan fingerprint density at radius 1 is 1.18 bits per heavy atom. The fourth-order valence-electron chi connectivity index (χ4n) is 4.72. The maximum absolute atomic E-state index is 10.6. The standard InChI is InChI=1S/C25H28ClN5.C2HF3O2/c1-3-30-13-10-18(11-14-30)19-4-9-22-23(16-19)24(27-21-7-5-20(26)6-8-21)12-15-31-25(22)17(2)28-29-31;3-2(4,5)1(6)7/h4-10,16,24,27H,3,11-15H2,1-2H3;(H,6,7). The molecule has 0 bridgehead atoms. The van der Waals surface area contributed by atoms with Crippen molar-refractivity contribution in [3.8, 4) is 11.3 Å². The first-order valence-electron chi connectivity index (χ1n) is 12.3. The van der Waals surface area contributed by atoms with Crippen LogP contribution in [0.2, 0.25) is 5.02 Å². The Morgan fingerprint density at radius 2 is 1.89 bits per heavy atom. The van der Waals surface area contributed by atoms with Gasteiger partial charge in [-0.2, -0.15) is 13.2 Å². The molecule has 2 aromatic carbocycles. The van der Waals surface area contributed by atoms with Gasteiger partial charge < -0.3 is 10.4 Å². The van der Waals surface area contributed by atoms with Gasteiger partial charge in [0.05, 0.1) is 17.4 Å². The minimum Gasteiger partial charge on any atom is -0.475 e. The van der Waals surface area contributed by atoms with Gasteiger partial charge in [-0.05, 0) is 73.3 Å². The fourth-order valence-corrected chi connectivity index (χ4v) is 4.85. The number of nitrogens with zero attached hydrogens (tertiary/aromatic N) is 4. The van der Waals surface area contributed by atoms with Crippen molar-refractivity contribution < 1.29 is 23.1 Å². The molecule has 11 heteroatoms. The molecule has 2 aliphatic rings. The van der Waals surface area contributed by atoms with Gasteiger partial charge in [0.25, 0.3) is 0 Å². The van der Waals surface area contributed by atoms with Crippen LogP contribution < -0.4 is 5.32 Å². The summed E-state index contributed by atoms with van der Waals surface area (Å²) in [4.78, 5) is 11.4. The van der Waals surface area contributed by atoms with E-state index in [1.54, 1.807) is 0 Å². The number of carbonyl (C=O) groups is 1. The molecule has 0 spiro atoms. The van der Waals surface area contributed by atoms with E-state index in [9.17, 15) is 13.2 Å². The molecule has 3 heterocycles. The van der Waals surface area contributed by atoms with Crippen molar-refractivity contribution >= 4 is 28.8 Å². The third-order valence-electron chi connectivity index (χ3n) is 6.75. The molecule has 202 valence electrons. The Morgan fingerprint density at radius 3 is 2.50 bits per heavy atom. The van der Waals surface area contributed by atoms with Crippen LogP contribution in [0.15, 0.2) is 48.5 Å². The number of aromatic nitrogens is 3. The molecule has 0 fully saturated rings. The third kappa shape index (κ3) is 6.36. The average Bonchev–Trinajstić information content (AvgIpc) is 3.19. The van der Waals surface area contributed by atoms with Crippen LogP contribution >= 0.6 is 11.6 Å². The molecule has 38 heavy (non-hydrogen) atoms. The van der Waals surface area contributed by atoms with Crippen molar-refractivity contribution in [3.63, 3.8) is 0 Å². The highest BCUT2D eigenvalue weighted by atomic mass is 35.5. The highest BCUT2D eigenvalue weighted by Crippen LogP contribution is 2.39. The highest BCUT2D eigenvalue weighted by Gasteiger charge is 2.38. The monoisotopic (exact) mass is 547 g/mol. The Labute approximate surface area is 223 Å². The first-order valence-corrected chi connectivity index (χ1v) is 12.7. The maximum atomic E-state index is 10.6. The van der Waals surface area contributed by atoms with Crippen LogP contribution in [0.3, 0.4) is 0 Å². The van der Waals surface area contributed by atoms with Crippen LogP contribution in [0.25, 0.3) is 16.8 Å². The number of anilines is 1. The molecule has 0 radical (unpaired) electrons. The van der Waals surface area contributed by atoms with E-state index in [0.29, 0.717) is 0 Å². The van der Waals surface area contributed by atoms with Crippen molar-refractivity contribution in [2.45, 2.75) is 45.5 Å². The van der Waals surface area contributed by atoms with Crippen molar-refractivity contribution in [2.75, 3.05) is 25.0 Å². The van der Waals surface area contributed by atoms with E-state index in [1.807, 2.05) is 31.2 Å². The van der Waals surface area contributed by atoms with E-state index in [0.717, 1.165) is 61.1 Å². The van der Waals surface area contributed by atoms with Crippen molar-refractivity contribution in [1.82, 2.24) is 19.9 Å². The lowest BCUT2D eigenvalue weighted by molar-refractivity contribution is -0.192. The summed E-state index contributed by atoms with van der Waals surface area (Å²) in [5.74, 6) is -2.76. The van der Waals surface area contributed by atoms with Gasteiger partial charge in [-0.1, -0.05) is 41.9 Å². The number of aryl methyl sites for hydroxylation is 2. The summed E-state index contributed by atoms with van der Waals surface area (Å²) in [7, 11) is 0. The smallest absolute Gasteiger partial charge is 0.475 e. The fraction of sp³-hybridized carbons (Fsp3) is 0.370. The predicted molar refractivity (Wildman–Crippen MR) is 141 cm³/mol. The molecule has 0 saturated heterocycles. The summed E-state index contributed by atoms with van der Waals surface area (Å²) in [5.41, 5.74) is 8.52. The van der Waals surface area contributed by atoms with Crippen LogP contribution in [0, 0.1) is 6.92 Å². The lowest BCUT2D eigenvalue weighted by Gasteiger charge is -2.26. The molecule has 1 atom stereocenters. The number of carboxylic acid groups (broad SMARTS) is 1. The first-order chi connectivity index (χ1) is 18.1. The van der Waals surface area contributed by atoms with Gasteiger partial charge in [-0.25, -0.2) is 9.48 Å². The number of carboxylic acids is 1. The SMILES string of the molecule is CCN1CC=C(c2ccc3c(c2)C(Nc2ccc(Cl)cc2)CCn2nnc(C)c2-3)CC1.O=C(O)C(F)(F)F. The maximum Gasteiger partial charge on any atom is 0.490 e. The zero-order valence-electron chi connectivity index (χ0n) is 21.1. The molecule has 0 saturated carbocycles. The van der Waals surface area contributed by atoms with Gasteiger partial charge in [0, 0.05) is 35.9 Å². The van der Waals surface area contributed by atoms with Crippen LogP contribution in [0.1, 0.15) is 42.6 Å². The predicted octanol–water partition coefficient (Wildman–Crippen LogP) is 6.21. The van der Waals surface area contributed by atoms with Crippen LogP contribution in [-0.2, 0) is 11.3 Å². The van der Waals surface area contributed by atoms with E-state index >= 15 is 0 Å². The molecule has 7 nitrogen and oxygen atoms in total. The highest BCUT2D eigenvalue weighted by molar-refractivity contribution is 6.30. The summed E-state index contributed by atoms with van der Waals surface area (Å²) in [6.45, 7) is 8.38. The molecule has 3 aromatic rings. The lowest BCUT2D eigenvalue weighted by atomic mass is 9.90. The summed E-state index contributed by atoms with van der Waals surface area (Å²) in [5, 5.41) is 20.4. The van der Waals surface area contributed by atoms with Gasteiger partial charge in [-0.3, -0.25) is 4.90 Å². The van der Waals surface area contributed by atoms with Crippen LogP contribution in [-0.4, -0.2) is 56.8 Å². The van der Waals surface area contributed by atoms with Gasteiger partial charge >= 0.3 is 12.1 Å². The third-order valence-corrected chi connectivity index (χ3v) is 7.01. The second-order valence-electron chi connectivity index (χ2n) is 9.22. The average molecular weight is 548 g/mol. The van der Waals surface area contributed by atoms with Crippen LogP contribution in [0.4, 0.5) is 18.9 Å². The zero-order valence-corrected chi connectivity index (χ0v) is 21.9. The molecule has 5 rings (SSSR count). The summed E-state index contributed by atoms with van der Waals surface area (Å²) in [6, 6.07) is 15.1. The largest absolute Gasteiger partial charge is 0.490 e. The van der Waals surface area contributed by atoms with E-state index in [2.05, 4.69) is 56.4 Å². The Kier molecular flexibility index (Phi) is 8.42. The zero-order chi connectivity index (χ0) is 27.4. The molecule has 0 aliphatic carbocycles. The minimum absolute atomic E-state index is 0.188. The van der Waals surface area contributed by atoms with Gasteiger partial charge in [0.2, 0.25) is 0 Å². The number of fused-ring (bicyclic) bond motifs is 3. The van der Waals surface area contributed by atoms with E-state index in [4.69, 9.17) is 21.5 Å². The van der Waals surface area contributed by atoms with Gasteiger partial charge in [0.1, 0.15) is 0 Å². The number of aliphatic carboxylic acids is 1. The van der Waals surface area contributed by atoms with Crippen molar-refractivity contribution in [1.29, 1.82) is 0 Å². The summed E-state index contributed by atoms with van der Waals surface area (Å²) >= 11 is 6.10. The number of hydrogen-bond acceptors (Lipinski definition) is 5. The van der Waals surface area contributed by atoms with E-state index < -0.39 is 12.1 Å². The first kappa shape index (κ1) is 27.7. The molecule has 2 aliphatic heterocycles. The Hall–Kier alpha value is -3.37. The normalized spacial score (nSPS) is 17.3.